The van der Waals surface area contributed by atoms with Crippen LogP contribution in [0.4, 0.5) is 8.78 Å². The first kappa shape index (κ1) is 13.2. The third kappa shape index (κ3) is 2.98. The summed E-state index contributed by atoms with van der Waals surface area (Å²) in [6, 6.07) is 8.33. The van der Waals surface area contributed by atoms with E-state index >= 15 is 0 Å². The van der Waals surface area contributed by atoms with Crippen LogP contribution in [-0.2, 0) is 6.54 Å². The number of halogens is 2. The molecule has 0 saturated heterocycles. The highest BCUT2D eigenvalue weighted by Gasteiger charge is 2.15. The Morgan fingerprint density at radius 2 is 1.95 bits per heavy atom. The normalized spacial score (nSPS) is 12.1. The Bertz CT molecular complexity index is 596. The molecule has 19 heavy (non-hydrogen) atoms. The van der Waals surface area contributed by atoms with Gasteiger partial charge >= 0.3 is 0 Å². The molecule has 0 saturated carbocycles. The number of hydrogen-bond acceptors (Lipinski definition) is 3. The van der Waals surface area contributed by atoms with Gasteiger partial charge in [0, 0.05) is 11.6 Å². The van der Waals surface area contributed by atoms with Crippen LogP contribution in [0.3, 0.4) is 0 Å². The zero-order valence-corrected chi connectivity index (χ0v) is 10.3. The minimum absolute atomic E-state index is 0.00503. The molecule has 1 heterocycles. The highest BCUT2D eigenvalue weighted by atomic mass is 19.1. The molecule has 0 aliphatic rings. The minimum atomic E-state index is -0.586. The second kappa shape index (κ2) is 5.63. The van der Waals surface area contributed by atoms with Gasteiger partial charge in [-0.2, -0.15) is 5.26 Å². The molecule has 5 heteroatoms. The van der Waals surface area contributed by atoms with Gasteiger partial charge in [0.2, 0.25) is 5.76 Å². The van der Waals surface area contributed by atoms with Crippen LogP contribution < -0.4 is 5.32 Å². The Morgan fingerprint density at radius 3 is 2.53 bits per heavy atom. The fourth-order valence-electron chi connectivity index (χ4n) is 1.81. The topological polar surface area (TPSA) is 49.0 Å². The molecular formula is C14H12F2N2O. The van der Waals surface area contributed by atoms with Crippen molar-refractivity contribution in [3.8, 4) is 6.07 Å². The Labute approximate surface area is 109 Å². The molecule has 1 aromatic heterocycles. The van der Waals surface area contributed by atoms with Crippen LogP contribution >= 0.6 is 0 Å². The molecular weight excluding hydrogens is 250 g/mol. The standard InChI is InChI=1S/C14H12F2N2O/c1-9(14-12(15)3-2-4-13(14)16)18-8-11-6-5-10(7-17)19-11/h2-6,9,18H,8H2,1H3. The van der Waals surface area contributed by atoms with E-state index in [2.05, 4.69) is 5.32 Å². The highest BCUT2D eigenvalue weighted by molar-refractivity contribution is 5.23. The molecule has 0 aliphatic carbocycles. The molecule has 0 fully saturated rings. The first-order valence-corrected chi connectivity index (χ1v) is 5.78. The van der Waals surface area contributed by atoms with Crippen molar-refractivity contribution in [2.24, 2.45) is 0 Å². The van der Waals surface area contributed by atoms with E-state index in [9.17, 15) is 8.78 Å². The third-order valence-electron chi connectivity index (χ3n) is 2.79. The fourth-order valence-corrected chi connectivity index (χ4v) is 1.81. The van der Waals surface area contributed by atoms with Crippen LogP contribution in [0.2, 0.25) is 0 Å². The molecule has 2 rings (SSSR count). The summed E-state index contributed by atoms with van der Waals surface area (Å²) in [5, 5.41) is 11.6. The summed E-state index contributed by atoms with van der Waals surface area (Å²) in [6.45, 7) is 1.95. The average molecular weight is 262 g/mol. The van der Waals surface area contributed by atoms with Gasteiger partial charge < -0.3 is 9.73 Å². The van der Waals surface area contributed by atoms with Gasteiger partial charge in [0.05, 0.1) is 6.54 Å². The van der Waals surface area contributed by atoms with E-state index in [1.807, 2.05) is 6.07 Å². The summed E-state index contributed by atoms with van der Waals surface area (Å²) in [6.07, 6.45) is 0. The van der Waals surface area contributed by atoms with Crippen molar-refractivity contribution in [1.82, 2.24) is 5.32 Å². The van der Waals surface area contributed by atoms with Gasteiger partial charge in [0.15, 0.2) is 0 Å². The van der Waals surface area contributed by atoms with E-state index in [-0.39, 0.29) is 17.9 Å². The minimum Gasteiger partial charge on any atom is -0.449 e. The van der Waals surface area contributed by atoms with Gasteiger partial charge in [-0.3, -0.25) is 0 Å². The van der Waals surface area contributed by atoms with Crippen molar-refractivity contribution in [2.75, 3.05) is 0 Å². The van der Waals surface area contributed by atoms with Crippen LogP contribution in [0.25, 0.3) is 0 Å². The molecule has 0 spiro atoms. The van der Waals surface area contributed by atoms with Gasteiger partial charge in [0.1, 0.15) is 23.5 Å². The van der Waals surface area contributed by atoms with Gasteiger partial charge in [-0.25, -0.2) is 8.78 Å². The summed E-state index contributed by atoms with van der Waals surface area (Å²) < 4.78 is 32.2. The number of nitrogens with one attached hydrogen (secondary N) is 1. The van der Waals surface area contributed by atoms with E-state index in [4.69, 9.17) is 9.68 Å². The number of nitriles is 1. The molecule has 1 atom stereocenters. The number of hydrogen-bond donors (Lipinski definition) is 1. The van der Waals surface area contributed by atoms with Crippen molar-refractivity contribution < 1.29 is 13.2 Å². The van der Waals surface area contributed by atoms with Crippen molar-refractivity contribution in [3.05, 3.63) is 59.1 Å². The maximum Gasteiger partial charge on any atom is 0.203 e. The summed E-state index contributed by atoms with van der Waals surface area (Å²) in [5.41, 5.74) is -0.00503. The first-order valence-electron chi connectivity index (χ1n) is 5.78. The van der Waals surface area contributed by atoms with Crippen LogP contribution in [0.15, 0.2) is 34.7 Å². The molecule has 1 aromatic carbocycles. The molecule has 0 bridgehead atoms. The lowest BCUT2D eigenvalue weighted by Crippen LogP contribution is -2.20. The predicted molar refractivity (Wildman–Crippen MR) is 65.0 cm³/mol. The van der Waals surface area contributed by atoms with E-state index in [0.717, 1.165) is 0 Å². The second-order valence-corrected chi connectivity index (χ2v) is 4.12. The average Bonchev–Trinajstić information content (AvgIpc) is 2.84. The molecule has 2 aromatic rings. The van der Waals surface area contributed by atoms with Crippen molar-refractivity contribution in [3.63, 3.8) is 0 Å². The molecule has 0 aliphatic heterocycles. The van der Waals surface area contributed by atoms with Crippen LogP contribution in [0.5, 0.6) is 0 Å². The smallest absolute Gasteiger partial charge is 0.203 e. The van der Waals surface area contributed by atoms with E-state index in [1.165, 1.54) is 18.2 Å². The molecule has 1 unspecified atom stereocenters. The van der Waals surface area contributed by atoms with Gasteiger partial charge in [0.25, 0.3) is 0 Å². The van der Waals surface area contributed by atoms with Gasteiger partial charge in [-0.05, 0) is 31.2 Å². The van der Waals surface area contributed by atoms with Gasteiger partial charge in [-0.15, -0.1) is 0 Å². The van der Waals surface area contributed by atoms with Gasteiger partial charge in [-0.1, -0.05) is 6.07 Å². The zero-order chi connectivity index (χ0) is 13.8. The Kier molecular flexibility index (Phi) is 3.93. The molecule has 3 nitrogen and oxygen atoms in total. The number of furan rings is 1. The summed E-state index contributed by atoms with van der Waals surface area (Å²) in [4.78, 5) is 0. The maximum absolute atomic E-state index is 13.5. The van der Waals surface area contributed by atoms with Crippen molar-refractivity contribution >= 4 is 0 Å². The zero-order valence-electron chi connectivity index (χ0n) is 10.3. The van der Waals surface area contributed by atoms with Crippen LogP contribution in [0.1, 0.15) is 30.0 Å². The van der Waals surface area contributed by atoms with Crippen LogP contribution in [-0.4, -0.2) is 0 Å². The molecule has 0 amide bonds. The fraction of sp³-hybridized carbons (Fsp3) is 0.214. The van der Waals surface area contributed by atoms with Crippen molar-refractivity contribution in [1.29, 1.82) is 5.26 Å². The largest absolute Gasteiger partial charge is 0.449 e. The van der Waals surface area contributed by atoms with Crippen molar-refractivity contribution in [2.45, 2.75) is 19.5 Å². The number of rotatable bonds is 4. The van der Waals surface area contributed by atoms with Crippen LogP contribution in [0, 0.1) is 23.0 Å². The summed E-state index contributed by atoms with van der Waals surface area (Å²) >= 11 is 0. The highest BCUT2D eigenvalue weighted by Crippen LogP contribution is 2.20. The molecule has 98 valence electrons. The lowest BCUT2D eigenvalue weighted by atomic mass is 10.1. The maximum atomic E-state index is 13.5. The Balaban J connectivity index is 2.05. The van der Waals surface area contributed by atoms with E-state index in [0.29, 0.717) is 5.76 Å². The molecule has 1 N–H and O–H groups in total. The quantitative estimate of drug-likeness (QED) is 0.919. The summed E-state index contributed by atoms with van der Waals surface area (Å²) in [5.74, 6) is -0.420. The number of nitrogens with zero attached hydrogens (tertiary/aromatic N) is 1. The summed E-state index contributed by atoms with van der Waals surface area (Å²) in [7, 11) is 0. The predicted octanol–water partition coefficient (Wildman–Crippen LogP) is 3.28. The second-order valence-electron chi connectivity index (χ2n) is 4.12. The Morgan fingerprint density at radius 1 is 1.26 bits per heavy atom. The molecule has 0 radical (unpaired) electrons. The Hall–Kier alpha value is -2.19. The first-order chi connectivity index (χ1) is 9.11. The van der Waals surface area contributed by atoms with E-state index < -0.39 is 17.7 Å². The van der Waals surface area contributed by atoms with E-state index in [1.54, 1.807) is 19.1 Å². The monoisotopic (exact) mass is 262 g/mol. The number of benzene rings is 1. The lowest BCUT2D eigenvalue weighted by Gasteiger charge is -2.14. The third-order valence-corrected chi connectivity index (χ3v) is 2.79. The lowest BCUT2D eigenvalue weighted by molar-refractivity contribution is 0.436. The SMILES string of the molecule is CC(NCc1ccc(C#N)o1)c1c(F)cccc1F.